The molecule has 0 saturated heterocycles. The zero-order valence-corrected chi connectivity index (χ0v) is 11.2. The Morgan fingerprint density at radius 1 is 1.08 bits per heavy atom. The van der Waals surface area contributed by atoms with Gasteiger partial charge in [-0.1, -0.05) is 80.8 Å². The van der Waals surface area contributed by atoms with Gasteiger partial charge < -0.3 is 0 Å². The molecule has 0 aliphatic carbocycles. The maximum Gasteiger partial charge on any atom is 0.0699 e. The largest absolute Gasteiger partial charge is 0.0829 e. The minimum absolute atomic E-state index is 0.460. The van der Waals surface area contributed by atoms with Gasteiger partial charge in [0.1, 0.15) is 0 Å². The van der Waals surface area contributed by atoms with Crippen molar-refractivity contribution in [1.29, 1.82) is 0 Å². The third kappa shape index (κ3) is 10.7. The van der Waals surface area contributed by atoms with E-state index in [2.05, 4.69) is 36.4 Å². The molecule has 0 aromatic heterocycles. The van der Waals surface area contributed by atoms with Crippen molar-refractivity contribution in [2.24, 2.45) is 0 Å². The first-order valence-corrected chi connectivity index (χ1v) is 6.81. The van der Waals surface area contributed by atoms with Gasteiger partial charge >= 0.3 is 0 Å². The van der Waals surface area contributed by atoms with E-state index in [4.69, 9.17) is 7.85 Å². The highest BCUT2D eigenvalue weighted by Crippen LogP contribution is 2.20. The Labute approximate surface area is 98.8 Å². The van der Waals surface area contributed by atoms with Gasteiger partial charge in [-0.05, 0) is 6.42 Å². The lowest BCUT2D eigenvalue weighted by molar-refractivity contribution is 0.577. The summed E-state index contributed by atoms with van der Waals surface area (Å²) in [5, 5.41) is 0. The maximum absolute atomic E-state index is 6.00. The molecular formula is C11H22BI. The van der Waals surface area contributed by atoms with E-state index in [-0.39, 0.29) is 0 Å². The number of alkyl halides is 1. The van der Waals surface area contributed by atoms with Crippen LogP contribution < -0.4 is 0 Å². The van der Waals surface area contributed by atoms with Gasteiger partial charge in [0, 0.05) is 3.92 Å². The van der Waals surface area contributed by atoms with E-state index in [1.54, 1.807) is 0 Å². The maximum atomic E-state index is 6.00. The highest BCUT2D eigenvalue weighted by molar-refractivity contribution is 14.1. The van der Waals surface area contributed by atoms with Crippen LogP contribution in [0.1, 0.15) is 58.8 Å². The van der Waals surface area contributed by atoms with Crippen molar-refractivity contribution in [3.63, 3.8) is 0 Å². The molecule has 0 aromatic carbocycles. The van der Waals surface area contributed by atoms with Crippen LogP contribution in [0.2, 0.25) is 5.82 Å². The van der Waals surface area contributed by atoms with E-state index in [0.717, 1.165) is 3.92 Å². The molecule has 13 heavy (non-hydrogen) atoms. The molecule has 0 heterocycles. The van der Waals surface area contributed by atoms with Crippen LogP contribution in [0.25, 0.3) is 0 Å². The summed E-state index contributed by atoms with van der Waals surface area (Å²) in [5.74, 6) is 0.460. The Morgan fingerprint density at radius 2 is 1.69 bits per heavy atom. The first kappa shape index (κ1) is 13.8. The number of rotatable bonds is 8. The van der Waals surface area contributed by atoms with Gasteiger partial charge in [0.05, 0.1) is 7.85 Å². The van der Waals surface area contributed by atoms with Crippen molar-refractivity contribution in [2.75, 3.05) is 0 Å². The zero-order chi connectivity index (χ0) is 10.1. The van der Waals surface area contributed by atoms with Crippen molar-refractivity contribution in [3.05, 3.63) is 0 Å². The molecule has 0 aromatic rings. The van der Waals surface area contributed by atoms with Crippen LogP contribution in [0.15, 0.2) is 0 Å². The van der Waals surface area contributed by atoms with Crippen LogP contribution in [-0.2, 0) is 0 Å². The minimum Gasteiger partial charge on any atom is -0.0829 e. The number of hydrogen-bond donors (Lipinski definition) is 0. The molecule has 0 amide bonds. The molecule has 0 aliphatic rings. The molecule has 0 saturated carbocycles. The normalized spacial score (nSPS) is 15.6. The fraction of sp³-hybridized carbons (Fsp3) is 1.00. The molecule has 0 rings (SSSR count). The average Bonchev–Trinajstić information content (AvgIpc) is 2.04. The Morgan fingerprint density at radius 3 is 2.23 bits per heavy atom. The number of halogens is 1. The number of hydrogen-bond acceptors (Lipinski definition) is 0. The lowest BCUT2D eigenvalue weighted by Crippen LogP contribution is -1.96. The van der Waals surface area contributed by atoms with Crippen LogP contribution >= 0.6 is 22.6 Å². The fourth-order valence-electron chi connectivity index (χ4n) is 1.46. The SMILES string of the molecule is [B]C(CCCCC)CCCC(C)I. The van der Waals surface area contributed by atoms with E-state index in [0.29, 0.717) is 5.82 Å². The third-order valence-electron chi connectivity index (χ3n) is 2.36. The number of unbranched alkanes of at least 4 members (excludes halogenated alkanes) is 2. The summed E-state index contributed by atoms with van der Waals surface area (Å²) in [7, 11) is 6.00. The summed E-state index contributed by atoms with van der Waals surface area (Å²) in [6.45, 7) is 4.51. The molecule has 2 heteroatoms. The molecule has 2 radical (unpaired) electrons. The predicted octanol–water partition coefficient (Wildman–Crippen LogP) is 4.52. The Hall–Kier alpha value is 0.795. The van der Waals surface area contributed by atoms with Gasteiger partial charge in [-0.15, -0.1) is 0 Å². The summed E-state index contributed by atoms with van der Waals surface area (Å²) in [6, 6.07) is 0. The molecule has 0 fully saturated rings. The molecule has 2 atom stereocenters. The second kappa shape index (κ2) is 9.35. The van der Waals surface area contributed by atoms with Gasteiger partial charge in [-0.25, -0.2) is 0 Å². The topological polar surface area (TPSA) is 0 Å². The van der Waals surface area contributed by atoms with E-state index in [9.17, 15) is 0 Å². The summed E-state index contributed by atoms with van der Waals surface area (Å²) >= 11 is 2.48. The van der Waals surface area contributed by atoms with Crippen LogP contribution in [0.3, 0.4) is 0 Å². The first-order chi connectivity index (χ1) is 6.16. The summed E-state index contributed by atoms with van der Waals surface area (Å²) in [4.78, 5) is 0. The molecule has 76 valence electrons. The van der Waals surface area contributed by atoms with E-state index in [1.165, 1.54) is 44.9 Å². The molecule has 0 spiro atoms. The minimum atomic E-state index is 0.460. The van der Waals surface area contributed by atoms with Gasteiger partial charge in [-0.2, -0.15) is 0 Å². The van der Waals surface area contributed by atoms with Crippen molar-refractivity contribution >= 4 is 30.4 Å². The lowest BCUT2D eigenvalue weighted by Gasteiger charge is -2.11. The fourth-order valence-corrected chi connectivity index (χ4v) is 1.90. The van der Waals surface area contributed by atoms with Crippen LogP contribution in [0, 0.1) is 0 Å². The monoisotopic (exact) mass is 292 g/mol. The van der Waals surface area contributed by atoms with Crippen molar-refractivity contribution in [2.45, 2.75) is 68.5 Å². The first-order valence-electron chi connectivity index (χ1n) is 5.56. The average molecular weight is 292 g/mol. The Balaban J connectivity index is 3.15. The van der Waals surface area contributed by atoms with Crippen LogP contribution in [0.4, 0.5) is 0 Å². The molecule has 0 N–H and O–H groups in total. The van der Waals surface area contributed by atoms with E-state index < -0.39 is 0 Å². The van der Waals surface area contributed by atoms with Gasteiger partial charge in [0.25, 0.3) is 0 Å². The molecule has 0 bridgehead atoms. The third-order valence-corrected chi connectivity index (χ3v) is 2.98. The van der Waals surface area contributed by atoms with Gasteiger partial charge in [0.15, 0.2) is 0 Å². The second-order valence-electron chi connectivity index (χ2n) is 3.97. The molecule has 0 aliphatic heterocycles. The molecule has 2 unspecified atom stereocenters. The van der Waals surface area contributed by atoms with Crippen LogP contribution in [-0.4, -0.2) is 11.8 Å². The van der Waals surface area contributed by atoms with Gasteiger partial charge in [0.2, 0.25) is 0 Å². The Bertz CT molecular complexity index is 104. The highest BCUT2D eigenvalue weighted by Gasteiger charge is 2.02. The van der Waals surface area contributed by atoms with Crippen molar-refractivity contribution in [1.82, 2.24) is 0 Å². The summed E-state index contributed by atoms with van der Waals surface area (Å²) in [5.41, 5.74) is 0. The lowest BCUT2D eigenvalue weighted by atomic mass is 9.79. The van der Waals surface area contributed by atoms with E-state index in [1.807, 2.05) is 0 Å². The second-order valence-corrected chi connectivity index (χ2v) is 6.09. The summed E-state index contributed by atoms with van der Waals surface area (Å²) in [6.07, 6.45) is 9.03. The smallest absolute Gasteiger partial charge is 0.0699 e. The highest BCUT2D eigenvalue weighted by atomic mass is 127. The van der Waals surface area contributed by atoms with Gasteiger partial charge in [-0.3, -0.25) is 0 Å². The zero-order valence-electron chi connectivity index (χ0n) is 9.06. The van der Waals surface area contributed by atoms with Crippen molar-refractivity contribution in [3.8, 4) is 0 Å². The Kier molecular flexibility index (Phi) is 9.93. The quantitative estimate of drug-likeness (QED) is 0.267. The predicted molar refractivity (Wildman–Crippen MR) is 71.0 cm³/mol. The van der Waals surface area contributed by atoms with Crippen LogP contribution in [0.5, 0.6) is 0 Å². The molecule has 0 nitrogen and oxygen atoms in total. The molecular weight excluding hydrogens is 270 g/mol. The summed E-state index contributed by atoms with van der Waals surface area (Å²) < 4.78 is 0.806. The standard InChI is InChI=1S/C11H22BI/c1-3-4-5-8-11(12)9-6-7-10(2)13/h10-11H,3-9H2,1-2H3. The van der Waals surface area contributed by atoms with Crippen molar-refractivity contribution < 1.29 is 0 Å². The van der Waals surface area contributed by atoms with E-state index >= 15 is 0 Å².